The highest BCUT2D eigenvalue weighted by Crippen LogP contribution is 2.30. The van der Waals surface area contributed by atoms with Gasteiger partial charge in [0.1, 0.15) is 6.10 Å². The molecule has 0 aromatic carbocycles. The third kappa shape index (κ3) is 2.15. The van der Waals surface area contributed by atoms with E-state index in [1.165, 1.54) is 17.5 Å². The maximum atomic E-state index is 6.10. The van der Waals surface area contributed by atoms with E-state index in [2.05, 4.69) is 16.4 Å². The number of aromatic nitrogens is 1. The van der Waals surface area contributed by atoms with Crippen molar-refractivity contribution in [1.82, 2.24) is 4.98 Å². The van der Waals surface area contributed by atoms with E-state index in [1.54, 1.807) is 11.3 Å². The van der Waals surface area contributed by atoms with Crippen LogP contribution in [0.5, 0.6) is 5.88 Å². The van der Waals surface area contributed by atoms with Crippen LogP contribution in [0.2, 0.25) is 0 Å². The summed E-state index contributed by atoms with van der Waals surface area (Å²) in [5.74, 6) is 0.742. The summed E-state index contributed by atoms with van der Waals surface area (Å²) < 4.78 is 7.23. The van der Waals surface area contributed by atoms with Crippen LogP contribution < -0.4 is 10.5 Å². The summed E-state index contributed by atoms with van der Waals surface area (Å²) in [6.45, 7) is 0. The number of thiophene rings is 1. The van der Waals surface area contributed by atoms with Gasteiger partial charge in [-0.3, -0.25) is 0 Å². The highest BCUT2D eigenvalue weighted by molar-refractivity contribution is 7.17. The average Bonchev–Trinajstić information content (AvgIpc) is 2.81. The molecule has 2 N–H and O–H groups in total. The van der Waals surface area contributed by atoms with Crippen LogP contribution in [0.4, 0.5) is 0 Å². The Bertz CT molecular complexity index is 511. The number of pyridine rings is 1. The first-order valence-electron chi connectivity index (χ1n) is 6.09. The Hall–Kier alpha value is -1.13. The zero-order chi connectivity index (χ0) is 11.7. The van der Waals surface area contributed by atoms with Crippen LogP contribution in [-0.2, 0) is 0 Å². The highest BCUT2D eigenvalue weighted by atomic mass is 32.1. The van der Waals surface area contributed by atoms with Crippen LogP contribution in [0.1, 0.15) is 25.7 Å². The molecule has 1 fully saturated rings. The summed E-state index contributed by atoms with van der Waals surface area (Å²) in [7, 11) is 0. The van der Waals surface area contributed by atoms with Gasteiger partial charge in [0, 0.05) is 16.9 Å². The second kappa shape index (κ2) is 4.63. The molecule has 2 atom stereocenters. The van der Waals surface area contributed by atoms with Gasteiger partial charge in [0.05, 0.1) is 5.39 Å². The zero-order valence-corrected chi connectivity index (χ0v) is 10.5. The quantitative estimate of drug-likeness (QED) is 0.889. The molecule has 0 amide bonds. The first-order chi connectivity index (χ1) is 8.34. The Morgan fingerprint density at radius 2 is 2.18 bits per heavy atom. The monoisotopic (exact) mass is 248 g/mol. The Labute approximate surface area is 105 Å². The third-order valence-corrected chi connectivity index (χ3v) is 4.24. The second-order valence-corrected chi connectivity index (χ2v) is 5.50. The first kappa shape index (κ1) is 11.0. The first-order valence-corrected chi connectivity index (χ1v) is 6.97. The Kier molecular flexibility index (Phi) is 2.99. The largest absolute Gasteiger partial charge is 0.472 e. The minimum Gasteiger partial charge on any atom is -0.472 e. The Balaban J connectivity index is 1.86. The van der Waals surface area contributed by atoms with E-state index >= 15 is 0 Å². The standard InChI is InChI=1S/C13H16N2OS/c14-10-3-1-2-4-11(10)16-13-9-6-8-17-12(9)5-7-15-13/h5-8,10-11H,1-4,14H2. The van der Waals surface area contributed by atoms with Gasteiger partial charge in [-0.1, -0.05) is 6.42 Å². The number of rotatable bonds is 2. The number of hydrogen-bond donors (Lipinski definition) is 1. The van der Waals surface area contributed by atoms with Crippen molar-refractivity contribution >= 4 is 21.4 Å². The lowest BCUT2D eigenvalue weighted by atomic mass is 9.93. The second-order valence-electron chi connectivity index (χ2n) is 4.55. The average molecular weight is 248 g/mol. The lowest BCUT2D eigenvalue weighted by Crippen LogP contribution is -2.41. The summed E-state index contributed by atoms with van der Waals surface area (Å²) in [6.07, 6.45) is 6.47. The number of nitrogens with two attached hydrogens (primary N) is 1. The Morgan fingerprint density at radius 1 is 1.29 bits per heavy atom. The smallest absolute Gasteiger partial charge is 0.222 e. The van der Waals surface area contributed by atoms with E-state index in [9.17, 15) is 0 Å². The van der Waals surface area contributed by atoms with Gasteiger partial charge in [0.2, 0.25) is 5.88 Å². The molecule has 3 nitrogen and oxygen atoms in total. The van der Waals surface area contributed by atoms with Gasteiger partial charge in [0.15, 0.2) is 0 Å². The molecule has 0 aliphatic heterocycles. The predicted octanol–water partition coefficient (Wildman–Crippen LogP) is 2.95. The van der Waals surface area contributed by atoms with E-state index in [0.29, 0.717) is 0 Å². The number of nitrogens with zero attached hydrogens (tertiary/aromatic N) is 1. The van der Waals surface area contributed by atoms with Crippen LogP contribution in [0.15, 0.2) is 23.7 Å². The predicted molar refractivity (Wildman–Crippen MR) is 70.5 cm³/mol. The van der Waals surface area contributed by atoms with E-state index in [1.807, 2.05) is 12.3 Å². The highest BCUT2D eigenvalue weighted by Gasteiger charge is 2.24. The molecule has 2 aromatic rings. The fourth-order valence-electron chi connectivity index (χ4n) is 2.38. The van der Waals surface area contributed by atoms with Gasteiger partial charge in [-0.15, -0.1) is 11.3 Å². The minimum atomic E-state index is 0.127. The van der Waals surface area contributed by atoms with Crippen molar-refractivity contribution in [3.63, 3.8) is 0 Å². The van der Waals surface area contributed by atoms with Crippen LogP contribution in [0.3, 0.4) is 0 Å². The molecule has 0 radical (unpaired) electrons. The molecular weight excluding hydrogens is 232 g/mol. The van der Waals surface area contributed by atoms with E-state index in [4.69, 9.17) is 10.5 Å². The van der Waals surface area contributed by atoms with Gasteiger partial charge in [-0.05, 0) is 36.8 Å². The normalized spacial score (nSPS) is 25.0. The Morgan fingerprint density at radius 3 is 3.06 bits per heavy atom. The van der Waals surface area contributed by atoms with Crippen LogP contribution in [-0.4, -0.2) is 17.1 Å². The molecule has 1 saturated carbocycles. The van der Waals surface area contributed by atoms with Crippen LogP contribution in [0.25, 0.3) is 10.1 Å². The summed E-state index contributed by atoms with van der Waals surface area (Å²) in [6, 6.07) is 4.24. The fourth-order valence-corrected chi connectivity index (χ4v) is 3.15. The molecule has 17 heavy (non-hydrogen) atoms. The number of hydrogen-bond acceptors (Lipinski definition) is 4. The molecular formula is C13H16N2OS. The van der Waals surface area contributed by atoms with Gasteiger partial charge in [0.25, 0.3) is 0 Å². The van der Waals surface area contributed by atoms with E-state index in [-0.39, 0.29) is 12.1 Å². The van der Waals surface area contributed by atoms with Gasteiger partial charge >= 0.3 is 0 Å². The van der Waals surface area contributed by atoms with Crippen molar-refractivity contribution in [2.45, 2.75) is 37.8 Å². The molecule has 2 heterocycles. The van der Waals surface area contributed by atoms with Crippen molar-refractivity contribution < 1.29 is 4.74 Å². The molecule has 0 spiro atoms. The maximum Gasteiger partial charge on any atom is 0.222 e. The summed E-state index contributed by atoms with van der Waals surface area (Å²) in [4.78, 5) is 4.34. The molecule has 2 unspecified atom stereocenters. The van der Waals surface area contributed by atoms with Gasteiger partial charge < -0.3 is 10.5 Å². The summed E-state index contributed by atoms with van der Waals surface area (Å²) in [5, 5.41) is 3.18. The van der Waals surface area contributed by atoms with Crippen molar-refractivity contribution in [2.75, 3.05) is 0 Å². The molecule has 1 aliphatic rings. The molecule has 90 valence electrons. The molecule has 0 saturated heterocycles. The third-order valence-electron chi connectivity index (χ3n) is 3.36. The maximum absolute atomic E-state index is 6.10. The number of ether oxygens (including phenoxy) is 1. The van der Waals surface area contributed by atoms with Crippen molar-refractivity contribution in [3.8, 4) is 5.88 Å². The summed E-state index contributed by atoms with van der Waals surface area (Å²) in [5.41, 5.74) is 6.10. The molecule has 1 aliphatic carbocycles. The molecule has 4 heteroatoms. The lowest BCUT2D eigenvalue weighted by Gasteiger charge is -2.28. The number of fused-ring (bicyclic) bond motifs is 1. The van der Waals surface area contributed by atoms with Gasteiger partial charge in [-0.25, -0.2) is 4.98 Å². The van der Waals surface area contributed by atoms with Gasteiger partial charge in [-0.2, -0.15) is 0 Å². The lowest BCUT2D eigenvalue weighted by molar-refractivity contribution is 0.129. The fraction of sp³-hybridized carbons (Fsp3) is 0.462. The molecule has 2 aromatic heterocycles. The van der Waals surface area contributed by atoms with E-state index < -0.39 is 0 Å². The minimum absolute atomic E-state index is 0.127. The topological polar surface area (TPSA) is 48.1 Å². The molecule has 3 rings (SSSR count). The van der Waals surface area contributed by atoms with Crippen molar-refractivity contribution in [3.05, 3.63) is 23.7 Å². The molecule has 0 bridgehead atoms. The summed E-state index contributed by atoms with van der Waals surface area (Å²) >= 11 is 1.71. The SMILES string of the molecule is NC1CCCCC1Oc1nccc2sccc12. The zero-order valence-electron chi connectivity index (χ0n) is 9.63. The van der Waals surface area contributed by atoms with E-state index in [0.717, 1.165) is 24.1 Å². The van der Waals surface area contributed by atoms with Crippen molar-refractivity contribution in [2.24, 2.45) is 5.73 Å². The van der Waals surface area contributed by atoms with Crippen LogP contribution >= 0.6 is 11.3 Å². The van der Waals surface area contributed by atoms with Crippen molar-refractivity contribution in [1.29, 1.82) is 0 Å². The van der Waals surface area contributed by atoms with Crippen LogP contribution in [0, 0.1) is 0 Å².